The van der Waals surface area contributed by atoms with Gasteiger partial charge in [0.1, 0.15) is 5.25 Å². The minimum Gasteiger partial charge on any atom is -0.490 e. The van der Waals surface area contributed by atoms with Gasteiger partial charge in [-0.1, -0.05) is 0 Å². The molecule has 1 fully saturated rings. The van der Waals surface area contributed by atoms with Gasteiger partial charge in [-0.05, 0) is 32.9 Å². The number of hydrogen-bond donors (Lipinski definition) is 0. The number of esters is 1. The zero-order valence-electron chi connectivity index (χ0n) is 16.3. The van der Waals surface area contributed by atoms with Gasteiger partial charge in [0.25, 0.3) is 5.91 Å². The molecule has 7 nitrogen and oxygen atoms in total. The molecule has 1 atom stereocenters. The Kier molecular flexibility index (Phi) is 8.09. The Morgan fingerprint density at radius 1 is 1.07 bits per heavy atom. The summed E-state index contributed by atoms with van der Waals surface area (Å²) in [5.74, 6) is 1.65. The number of rotatable bonds is 8. The monoisotopic (exact) mass is 397 g/mol. The maximum atomic E-state index is 13.1. The third kappa shape index (κ3) is 5.22. The highest BCUT2D eigenvalue weighted by atomic mass is 32.2. The number of carbonyl (C=O) groups is 2. The second-order valence-electron chi connectivity index (χ2n) is 5.73. The summed E-state index contributed by atoms with van der Waals surface area (Å²) in [5, 5.41) is -0.367. The van der Waals surface area contributed by atoms with Crippen LogP contribution < -0.4 is 14.2 Å². The third-order valence-electron chi connectivity index (χ3n) is 3.97. The Morgan fingerprint density at radius 2 is 1.67 bits per heavy atom. The van der Waals surface area contributed by atoms with Gasteiger partial charge in [-0.25, -0.2) is 0 Å². The van der Waals surface area contributed by atoms with Gasteiger partial charge in [0.2, 0.25) is 5.75 Å². The average Bonchev–Trinajstić information content (AvgIpc) is 2.69. The van der Waals surface area contributed by atoms with E-state index >= 15 is 0 Å². The second-order valence-corrected chi connectivity index (χ2v) is 7.05. The van der Waals surface area contributed by atoms with Crippen LogP contribution in [0.5, 0.6) is 17.2 Å². The number of hydrogen-bond acceptors (Lipinski definition) is 7. The van der Waals surface area contributed by atoms with Gasteiger partial charge in [-0.3, -0.25) is 9.59 Å². The molecule has 1 heterocycles. The highest BCUT2D eigenvalue weighted by Crippen LogP contribution is 2.39. The molecule has 1 aliphatic rings. The van der Waals surface area contributed by atoms with E-state index in [1.807, 2.05) is 20.8 Å². The minimum atomic E-state index is -0.367. The summed E-state index contributed by atoms with van der Waals surface area (Å²) in [4.78, 5) is 26.5. The summed E-state index contributed by atoms with van der Waals surface area (Å²) in [6.45, 7) is 7.83. The van der Waals surface area contributed by atoms with Crippen LogP contribution in [0.15, 0.2) is 12.1 Å². The van der Waals surface area contributed by atoms with Crippen molar-refractivity contribution < 1.29 is 28.5 Å². The molecule has 1 amide bonds. The topological polar surface area (TPSA) is 74.3 Å². The van der Waals surface area contributed by atoms with E-state index in [0.29, 0.717) is 61.5 Å². The van der Waals surface area contributed by atoms with Crippen molar-refractivity contribution in [3.05, 3.63) is 17.7 Å². The van der Waals surface area contributed by atoms with Gasteiger partial charge < -0.3 is 23.8 Å². The van der Waals surface area contributed by atoms with E-state index in [9.17, 15) is 9.59 Å². The average molecular weight is 397 g/mol. The standard InChI is InChI=1S/C19H27NO6S/c1-5-24-14-10-13(11-15(25-6-2)17(14)26-7-3)18(21)20-8-9-27-16(12-20)19(22)23-4/h10-11,16H,5-9,12H2,1-4H3/t16-/m0/s1. The smallest absolute Gasteiger partial charge is 0.320 e. The SMILES string of the molecule is CCOc1cc(C(=O)N2CCS[C@H](C(=O)OC)C2)cc(OCC)c1OCC. The van der Waals surface area contributed by atoms with Crippen LogP contribution in [0.1, 0.15) is 31.1 Å². The summed E-state index contributed by atoms with van der Waals surface area (Å²) >= 11 is 1.51. The van der Waals surface area contributed by atoms with E-state index in [-0.39, 0.29) is 17.1 Å². The van der Waals surface area contributed by atoms with E-state index < -0.39 is 0 Å². The molecule has 0 aromatic heterocycles. The summed E-state index contributed by atoms with van der Waals surface area (Å²) in [6.07, 6.45) is 0. The molecule has 27 heavy (non-hydrogen) atoms. The molecular formula is C19H27NO6S. The van der Waals surface area contributed by atoms with Crippen molar-refractivity contribution >= 4 is 23.6 Å². The lowest BCUT2D eigenvalue weighted by atomic mass is 10.1. The van der Waals surface area contributed by atoms with Crippen molar-refractivity contribution in [1.29, 1.82) is 0 Å². The molecule has 1 aliphatic heterocycles. The molecule has 8 heteroatoms. The second kappa shape index (κ2) is 10.3. The van der Waals surface area contributed by atoms with E-state index in [2.05, 4.69) is 0 Å². The third-order valence-corrected chi connectivity index (χ3v) is 5.14. The van der Waals surface area contributed by atoms with Gasteiger partial charge in [-0.15, -0.1) is 11.8 Å². The number of amides is 1. The maximum absolute atomic E-state index is 13.1. The zero-order chi connectivity index (χ0) is 19.8. The van der Waals surface area contributed by atoms with Crippen molar-refractivity contribution in [2.75, 3.05) is 45.8 Å². The lowest BCUT2D eigenvalue weighted by Crippen LogP contribution is -2.45. The Hall–Kier alpha value is -2.09. The molecule has 1 aromatic carbocycles. The van der Waals surface area contributed by atoms with Crippen LogP contribution in [0.3, 0.4) is 0 Å². The molecule has 150 valence electrons. The maximum Gasteiger partial charge on any atom is 0.320 e. The number of ether oxygens (including phenoxy) is 4. The van der Waals surface area contributed by atoms with Crippen molar-refractivity contribution in [2.45, 2.75) is 26.0 Å². The van der Waals surface area contributed by atoms with Gasteiger partial charge in [0.05, 0.1) is 26.9 Å². The zero-order valence-corrected chi connectivity index (χ0v) is 17.1. The van der Waals surface area contributed by atoms with Gasteiger partial charge in [0.15, 0.2) is 11.5 Å². The molecule has 1 saturated heterocycles. The molecule has 2 rings (SSSR count). The Labute approximate surface area is 164 Å². The normalized spacial score (nSPS) is 16.6. The van der Waals surface area contributed by atoms with Crippen LogP contribution in [0.4, 0.5) is 0 Å². The molecular weight excluding hydrogens is 370 g/mol. The van der Waals surface area contributed by atoms with Crippen LogP contribution in [-0.2, 0) is 9.53 Å². The largest absolute Gasteiger partial charge is 0.490 e. The first-order valence-electron chi connectivity index (χ1n) is 9.10. The van der Waals surface area contributed by atoms with E-state index in [1.165, 1.54) is 18.9 Å². The molecule has 0 aliphatic carbocycles. The van der Waals surface area contributed by atoms with Crippen LogP contribution in [0.2, 0.25) is 0 Å². The quantitative estimate of drug-likeness (QED) is 0.624. The van der Waals surface area contributed by atoms with Gasteiger partial charge >= 0.3 is 5.97 Å². The Morgan fingerprint density at radius 3 is 2.19 bits per heavy atom. The molecule has 0 radical (unpaired) electrons. The van der Waals surface area contributed by atoms with Crippen LogP contribution in [0, 0.1) is 0 Å². The van der Waals surface area contributed by atoms with Crippen molar-refractivity contribution in [1.82, 2.24) is 4.90 Å². The molecule has 0 unspecified atom stereocenters. The van der Waals surface area contributed by atoms with E-state index in [4.69, 9.17) is 18.9 Å². The van der Waals surface area contributed by atoms with Crippen LogP contribution in [0.25, 0.3) is 0 Å². The number of methoxy groups -OCH3 is 1. The molecule has 0 spiro atoms. The van der Waals surface area contributed by atoms with Crippen molar-refractivity contribution in [3.63, 3.8) is 0 Å². The summed E-state index contributed by atoms with van der Waals surface area (Å²) in [6, 6.07) is 3.35. The van der Waals surface area contributed by atoms with Crippen molar-refractivity contribution in [3.8, 4) is 17.2 Å². The van der Waals surface area contributed by atoms with Crippen LogP contribution >= 0.6 is 11.8 Å². The fourth-order valence-corrected chi connectivity index (χ4v) is 3.93. The fraction of sp³-hybridized carbons (Fsp3) is 0.579. The predicted octanol–water partition coefficient (Wildman–Crippen LogP) is 2.61. The summed E-state index contributed by atoms with van der Waals surface area (Å²) in [7, 11) is 1.36. The summed E-state index contributed by atoms with van der Waals surface area (Å²) in [5.41, 5.74) is 0.445. The first kappa shape index (κ1) is 21.2. The fourth-order valence-electron chi connectivity index (χ4n) is 2.80. The Bertz CT molecular complexity index is 639. The lowest BCUT2D eigenvalue weighted by Gasteiger charge is -2.31. The highest BCUT2D eigenvalue weighted by molar-refractivity contribution is 8.00. The van der Waals surface area contributed by atoms with Gasteiger partial charge in [-0.2, -0.15) is 0 Å². The number of carbonyl (C=O) groups excluding carboxylic acids is 2. The molecule has 0 bridgehead atoms. The molecule has 0 saturated carbocycles. The number of benzene rings is 1. The highest BCUT2D eigenvalue weighted by Gasteiger charge is 2.31. The van der Waals surface area contributed by atoms with Crippen LogP contribution in [-0.4, -0.2) is 67.8 Å². The molecule has 1 aromatic rings. The minimum absolute atomic E-state index is 0.172. The van der Waals surface area contributed by atoms with E-state index in [0.717, 1.165) is 0 Å². The number of nitrogens with zero attached hydrogens (tertiary/aromatic N) is 1. The first-order valence-corrected chi connectivity index (χ1v) is 10.2. The van der Waals surface area contributed by atoms with Gasteiger partial charge in [0, 0.05) is 24.4 Å². The lowest BCUT2D eigenvalue weighted by molar-refractivity contribution is -0.140. The number of thioether (sulfide) groups is 1. The summed E-state index contributed by atoms with van der Waals surface area (Å²) < 4.78 is 21.8. The molecule has 0 N–H and O–H groups in total. The van der Waals surface area contributed by atoms with Crippen molar-refractivity contribution in [2.24, 2.45) is 0 Å². The Balaban J connectivity index is 2.32. The first-order chi connectivity index (χ1) is 13.0. The predicted molar refractivity (Wildman–Crippen MR) is 104 cm³/mol. The van der Waals surface area contributed by atoms with E-state index in [1.54, 1.807) is 17.0 Å².